The molecule has 8 heteroatoms. The Morgan fingerprint density at radius 3 is 2.47 bits per heavy atom. The zero-order valence-electron chi connectivity index (χ0n) is 18.3. The molecule has 0 aliphatic heterocycles. The lowest BCUT2D eigenvalue weighted by molar-refractivity contribution is -0.139. The van der Waals surface area contributed by atoms with Crippen LogP contribution in [0.15, 0.2) is 78.9 Å². The van der Waals surface area contributed by atoms with Crippen molar-refractivity contribution in [2.24, 2.45) is 0 Å². The quantitative estimate of drug-likeness (QED) is 0.283. The molecule has 0 spiro atoms. The largest absolute Gasteiger partial charge is 0.480 e. The van der Waals surface area contributed by atoms with Gasteiger partial charge in [0.25, 0.3) is 5.91 Å². The van der Waals surface area contributed by atoms with Crippen LogP contribution in [0.3, 0.4) is 0 Å². The van der Waals surface area contributed by atoms with Gasteiger partial charge in [-0.1, -0.05) is 60.1 Å². The van der Waals surface area contributed by atoms with E-state index < -0.39 is 17.9 Å². The summed E-state index contributed by atoms with van der Waals surface area (Å²) in [6, 6.07) is 22.6. The van der Waals surface area contributed by atoms with Gasteiger partial charge in [-0.3, -0.25) is 4.79 Å². The van der Waals surface area contributed by atoms with Crippen LogP contribution in [0.5, 0.6) is 0 Å². The van der Waals surface area contributed by atoms with Gasteiger partial charge in [0.2, 0.25) is 0 Å². The summed E-state index contributed by atoms with van der Waals surface area (Å²) < 4.78 is 0. The highest BCUT2D eigenvalue weighted by Gasteiger charge is 2.21. The Morgan fingerprint density at radius 2 is 1.76 bits per heavy atom. The summed E-state index contributed by atoms with van der Waals surface area (Å²) in [6.07, 6.45) is 0.200. The number of rotatable bonds is 8. The molecule has 172 valence electrons. The zero-order valence-corrected chi connectivity index (χ0v) is 19.9. The van der Waals surface area contributed by atoms with Gasteiger partial charge in [-0.05, 0) is 42.8 Å². The summed E-state index contributed by atoms with van der Waals surface area (Å²) in [4.78, 5) is 30.2. The number of carboxylic acids is 1. The van der Waals surface area contributed by atoms with Crippen LogP contribution in [-0.2, 0) is 11.2 Å². The van der Waals surface area contributed by atoms with Gasteiger partial charge < -0.3 is 15.7 Å². The number of aryl methyl sites for hydroxylation is 1. The molecule has 0 unspecified atom stereocenters. The summed E-state index contributed by atoms with van der Waals surface area (Å²) in [5.41, 5.74) is 3.71. The molecule has 3 aromatic carbocycles. The number of nitrogens with zero attached hydrogens (tertiary/aromatic N) is 1. The second-order valence-electron chi connectivity index (χ2n) is 7.69. The first kappa shape index (κ1) is 23.5. The summed E-state index contributed by atoms with van der Waals surface area (Å²) in [5.74, 6) is -1.54. The predicted octanol–water partition coefficient (Wildman–Crippen LogP) is 5.94. The third-order valence-corrected chi connectivity index (χ3v) is 6.31. The van der Waals surface area contributed by atoms with Gasteiger partial charge in [0, 0.05) is 33.1 Å². The number of amides is 1. The van der Waals surface area contributed by atoms with E-state index in [0.29, 0.717) is 21.4 Å². The number of hydrogen-bond donors (Lipinski definition) is 3. The first-order chi connectivity index (χ1) is 16.4. The van der Waals surface area contributed by atoms with E-state index >= 15 is 0 Å². The molecule has 0 radical (unpaired) electrons. The monoisotopic (exact) mass is 491 g/mol. The number of nitrogens with one attached hydrogen (secondary N) is 2. The number of anilines is 2. The molecule has 0 aliphatic rings. The van der Waals surface area contributed by atoms with Crippen molar-refractivity contribution in [3.63, 3.8) is 0 Å². The third-order valence-electron chi connectivity index (χ3n) is 5.18. The van der Waals surface area contributed by atoms with E-state index in [9.17, 15) is 14.7 Å². The molecule has 0 saturated heterocycles. The van der Waals surface area contributed by atoms with Gasteiger partial charge in [0.15, 0.2) is 5.13 Å². The maximum atomic E-state index is 12.8. The second kappa shape index (κ2) is 10.5. The van der Waals surface area contributed by atoms with Crippen molar-refractivity contribution < 1.29 is 14.7 Å². The van der Waals surface area contributed by atoms with E-state index in [-0.39, 0.29) is 6.42 Å². The van der Waals surface area contributed by atoms with E-state index in [0.717, 1.165) is 21.7 Å². The lowest BCUT2D eigenvalue weighted by Gasteiger charge is -2.15. The summed E-state index contributed by atoms with van der Waals surface area (Å²) in [7, 11) is 0. The average Bonchev–Trinajstić information content (AvgIpc) is 3.19. The van der Waals surface area contributed by atoms with Crippen molar-refractivity contribution in [2.75, 3.05) is 5.32 Å². The Labute approximate surface area is 206 Å². The highest BCUT2D eigenvalue weighted by molar-refractivity contribution is 7.16. The number of aromatic nitrogens is 1. The molecule has 1 heterocycles. The summed E-state index contributed by atoms with van der Waals surface area (Å²) in [5, 5.41) is 16.8. The number of aliphatic carboxylic acids is 1. The summed E-state index contributed by atoms with van der Waals surface area (Å²) >= 11 is 7.49. The van der Waals surface area contributed by atoms with Gasteiger partial charge in [0.1, 0.15) is 6.04 Å². The van der Waals surface area contributed by atoms with Crippen LogP contribution in [0.4, 0.5) is 10.8 Å². The Bertz CT molecular complexity index is 1310. The molecule has 0 aliphatic carbocycles. The standard InChI is InChI=1S/C26H22ClN3O3S/c1-16-23(18-10-12-20(27)13-11-18)30-26(34-16)28-21-9-5-8-19(15-21)24(31)29-22(25(32)33)14-17-6-3-2-4-7-17/h2-13,15,22H,14H2,1H3,(H,28,30)(H,29,31)(H,32,33)/t22-/m0/s1. The molecule has 0 saturated carbocycles. The number of hydrogen-bond acceptors (Lipinski definition) is 5. The van der Waals surface area contributed by atoms with Crippen LogP contribution in [0.2, 0.25) is 5.02 Å². The average molecular weight is 492 g/mol. The van der Waals surface area contributed by atoms with Gasteiger partial charge in [-0.2, -0.15) is 0 Å². The first-order valence-electron chi connectivity index (χ1n) is 10.6. The molecule has 6 nitrogen and oxygen atoms in total. The van der Waals surface area contributed by atoms with Crippen LogP contribution in [0.25, 0.3) is 11.3 Å². The highest BCUT2D eigenvalue weighted by Crippen LogP contribution is 2.32. The number of thiazole rings is 1. The molecule has 1 amide bonds. The molecule has 4 rings (SSSR count). The maximum Gasteiger partial charge on any atom is 0.326 e. The highest BCUT2D eigenvalue weighted by atomic mass is 35.5. The van der Waals surface area contributed by atoms with Crippen molar-refractivity contribution in [3.8, 4) is 11.3 Å². The van der Waals surface area contributed by atoms with Crippen LogP contribution < -0.4 is 10.6 Å². The fourth-order valence-electron chi connectivity index (χ4n) is 3.48. The van der Waals surface area contributed by atoms with Gasteiger partial charge in [0.05, 0.1) is 5.69 Å². The molecule has 0 bridgehead atoms. The molecule has 1 atom stereocenters. The molecule has 34 heavy (non-hydrogen) atoms. The van der Waals surface area contributed by atoms with Crippen molar-refractivity contribution in [3.05, 3.63) is 99.9 Å². The summed E-state index contributed by atoms with van der Waals surface area (Å²) in [6.45, 7) is 2.00. The third kappa shape index (κ3) is 5.81. The molecular weight excluding hydrogens is 470 g/mol. The molecule has 1 aromatic heterocycles. The van der Waals surface area contributed by atoms with Crippen LogP contribution in [-0.4, -0.2) is 28.0 Å². The van der Waals surface area contributed by atoms with Crippen molar-refractivity contribution in [1.82, 2.24) is 10.3 Å². The van der Waals surface area contributed by atoms with E-state index in [4.69, 9.17) is 11.6 Å². The second-order valence-corrected chi connectivity index (χ2v) is 9.33. The number of carbonyl (C=O) groups is 2. The number of benzene rings is 3. The zero-order chi connectivity index (χ0) is 24.1. The minimum Gasteiger partial charge on any atom is -0.480 e. The van der Waals surface area contributed by atoms with Crippen molar-refractivity contribution >= 4 is 45.6 Å². The Morgan fingerprint density at radius 1 is 1.03 bits per heavy atom. The molecule has 4 aromatic rings. The SMILES string of the molecule is Cc1sc(Nc2cccc(C(=O)N[C@@H](Cc3ccccc3)C(=O)O)c2)nc1-c1ccc(Cl)cc1. The van der Waals surface area contributed by atoms with E-state index in [1.54, 1.807) is 18.2 Å². The molecule has 0 fully saturated rings. The number of carbonyl (C=O) groups excluding carboxylic acids is 1. The lowest BCUT2D eigenvalue weighted by atomic mass is 10.1. The minimum atomic E-state index is -1.08. The van der Waals surface area contributed by atoms with E-state index in [1.165, 1.54) is 11.3 Å². The van der Waals surface area contributed by atoms with Gasteiger partial charge >= 0.3 is 5.97 Å². The van der Waals surface area contributed by atoms with Crippen LogP contribution in [0.1, 0.15) is 20.8 Å². The Balaban J connectivity index is 1.47. The number of halogens is 1. The van der Waals surface area contributed by atoms with Gasteiger partial charge in [-0.15, -0.1) is 11.3 Å². The van der Waals surface area contributed by atoms with Crippen LogP contribution in [0, 0.1) is 6.92 Å². The minimum absolute atomic E-state index is 0.200. The van der Waals surface area contributed by atoms with E-state index in [2.05, 4.69) is 15.6 Å². The first-order valence-corrected chi connectivity index (χ1v) is 11.8. The smallest absolute Gasteiger partial charge is 0.326 e. The van der Waals surface area contributed by atoms with E-state index in [1.807, 2.05) is 67.6 Å². The predicted molar refractivity (Wildman–Crippen MR) is 136 cm³/mol. The van der Waals surface area contributed by atoms with Crippen molar-refractivity contribution in [1.29, 1.82) is 0 Å². The fraction of sp³-hybridized carbons (Fsp3) is 0.115. The molecule has 3 N–H and O–H groups in total. The van der Waals surface area contributed by atoms with Crippen LogP contribution >= 0.6 is 22.9 Å². The molecular formula is C26H22ClN3O3S. The lowest BCUT2D eigenvalue weighted by Crippen LogP contribution is -2.42. The van der Waals surface area contributed by atoms with Crippen molar-refractivity contribution in [2.45, 2.75) is 19.4 Å². The maximum absolute atomic E-state index is 12.8. The fourth-order valence-corrected chi connectivity index (χ4v) is 4.46. The Hall–Kier alpha value is -3.68. The topological polar surface area (TPSA) is 91.3 Å². The number of carboxylic acid groups (broad SMARTS) is 1. The normalized spacial score (nSPS) is 11.6. The van der Waals surface area contributed by atoms with Gasteiger partial charge in [-0.25, -0.2) is 9.78 Å². The Kier molecular flexibility index (Phi) is 7.25.